The standard InChI is InChI=1S/C13H20N2O3S2/c1-10-11-3-7-19-12(11)2-5-15(10)6-9-20(17,18)8-4-13(14)16/h3,7,10H,2,4-6,8-9H2,1H3,(H2,14,16)/t10-/m1/s1. The number of thiophene rings is 1. The first-order valence-electron chi connectivity index (χ1n) is 6.68. The van der Waals surface area contributed by atoms with E-state index in [1.807, 2.05) is 0 Å². The SMILES string of the molecule is C[C@@H]1c2ccsc2CCN1CCS(=O)(=O)CCC(N)=O. The molecule has 0 aliphatic carbocycles. The average Bonchev–Trinajstić information content (AvgIpc) is 2.85. The lowest BCUT2D eigenvalue weighted by atomic mass is 10.0. The maximum absolute atomic E-state index is 11.8. The van der Waals surface area contributed by atoms with Crippen LogP contribution in [0.4, 0.5) is 0 Å². The van der Waals surface area contributed by atoms with E-state index >= 15 is 0 Å². The molecule has 1 aliphatic heterocycles. The third-order valence-electron chi connectivity index (χ3n) is 3.75. The fraction of sp³-hybridized carbons (Fsp3) is 0.615. The van der Waals surface area contributed by atoms with E-state index in [4.69, 9.17) is 5.73 Å². The summed E-state index contributed by atoms with van der Waals surface area (Å²) >= 11 is 1.77. The van der Waals surface area contributed by atoms with Crippen molar-refractivity contribution in [3.63, 3.8) is 0 Å². The highest BCUT2D eigenvalue weighted by molar-refractivity contribution is 7.91. The maximum atomic E-state index is 11.8. The number of carbonyl (C=O) groups excluding carboxylic acids is 1. The van der Waals surface area contributed by atoms with Crippen molar-refractivity contribution in [2.24, 2.45) is 5.73 Å². The van der Waals surface area contributed by atoms with Crippen molar-refractivity contribution in [2.45, 2.75) is 25.8 Å². The minimum absolute atomic E-state index is 0.0874. The van der Waals surface area contributed by atoms with Crippen LogP contribution in [0.1, 0.15) is 29.8 Å². The Hall–Kier alpha value is -0.920. The number of nitrogens with zero attached hydrogens (tertiary/aromatic N) is 1. The summed E-state index contributed by atoms with van der Waals surface area (Å²) in [6, 6.07) is 2.38. The number of carbonyl (C=O) groups is 1. The Balaban J connectivity index is 1.90. The third-order valence-corrected chi connectivity index (χ3v) is 6.38. The summed E-state index contributed by atoms with van der Waals surface area (Å²) < 4.78 is 23.7. The number of rotatable bonds is 6. The molecular weight excluding hydrogens is 296 g/mol. The molecule has 20 heavy (non-hydrogen) atoms. The third kappa shape index (κ3) is 3.80. The number of hydrogen-bond acceptors (Lipinski definition) is 5. The second kappa shape index (κ2) is 6.24. The number of hydrogen-bond donors (Lipinski definition) is 1. The maximum Gasteiger partial charge on any atom is 0.218 e. The molecule has 1 amide bonds. The van der Waals surface area contributed by atoms with Crippen LogP contribution in [0.15, 0.2) is 11.4 Å². The Morgan fingerprint density at radius 3 is 2.95 bits per heavy atom. The first kappa shape index (κ1) is 15.5. The topological polar surface area (TPSA) is 80.5 Å². The monoisotopic (exact) mass is 316 g/mol. The van der Waals surface area contributed by atoms with Crippen molar-refractivity contribution in [1.82, 2.24) is 4.90 Å². The molecule has 2 heterocycles. The van der Waals surface area contributed by atoms with E-state index in [-0.39, 0.29) is 24.0 Å². The summed E-state index contributed by atoms with van der Waals surface area (Å²) in [5, 5.41) is 2.09. The molecule has 7 heteroatoms. The number of sulfone groups is 1. The summed E-state index contributed by atoms with van der Waals surface area (Å²) in [4.78, 5) is 14.3. The van der Waals surface area contributed by atoms with Crippen molar-refractivity contribution < 1.29 is 13.2 Å². The Bertz CT molecular complexity index is 580. The van der Waals surface area contributed by atoms with Gasteiger partial charge < -0.3 is 5.73 Å². The predicted octanol–water partition coefficient (Wildman–Crippen LogP) is 0.957. The molecule has 0 saturated heterocycles. The second-order valence-corrected chi connectivity index (χ2v) is 8.43. The van der Waals surface area contributed by atoms with Crippen molar-refractivity contribution >= 4 is 27.1 Å². The summed E-state index contributed by atoms with van der Waals surface area (Å²) in [5.74, 6) is -0.624. The van der Waals surface area contributed by atoms with Crippen LogP contribution < -0.4 is 5.73 Å². The highest BCUT2D eigenvalue weighted by atomic mass is 32.2. The molecule has 1 aromatic rings. The summed E-state index contributed by atoms with van der Waals surface area (Å²) in [6.07, 6.45) is 0.894. The van der Waals surface area contributed by atoms with Crippen LogP contribution in [0, 0.1) is 0 Å². The van der Waals surface area contributed by atoms with Crippen LogP contribution in [-0.2, 0) is 21.1 Å². The van der Waals surface area contributed by atoms with Gasteiger partial charge in [0.15, 0.2) is 9.84 Å². The van der Waals surface area contributed by atoms with Crippen LogP contribution >= 0.6 is 11.3 Å². The van der Waals surface area contributed by atoms with E-state index in [9.17, 15) is 13.2 Å². The quantitative estimate of drug-likeness (QED) is 0.847. The number of primary amides is 1. The van der Waals surface area contributed by atoms with E-state index in [0.29, 0.717) is 6.54 Å². The van der Waals surface area contributed by atoms with Gasteiger partial charge >= 0.3 is 0 Å². The molecule has 0 aromatic carbocycles. The molecule has 0 spiro atoms. The Morgan fingerprint density at radius 2 is 2.25 bits per heavy atom. The Kier molecular flexibility index (Phi) is 4.82. The molecule has 0 saturated carbocycles. The van der Waals surface area contributed by atoms with E-state index in [0.717, 1.165) is 13.0 Å². The fourth-order valence-corrected chi connectivity index (χ4v) is 4.67. The Morgan fingerprint density at radius 1 is 1.50 bits per heavy atom. The number of amides is 1. The van der Waals surface area contributed by atoms with Crippen molar-refractivity contribution in [2.75, 3.05) is 24.6 Å². The van der Waals surface area contributed by atoms with Gasteiger partial charge in [-0.2, -0.15) is 0 Å². The number of fused-ring (bicyclic) bond motifs is 1. The fourth-order valence-electron chi connectivity index (χ4n) is 2.48. The summed E-state index contributed by atoms with van der Waals surface area (Å²) in [5.41, 5.74) is 6.30. The molecule has 1 aromatic heterocycles. The molecule has 5 nitrogen and oxygen atoms in total. The van der Waals surface area contributed by atoms with Crippen molar-refractivity contribution in [3.8, 4) is 0 Å². The Labute approximate surface area is 123 Å². The number of nitrogens with two attached hydrogens (primary N) is 1. The lowest BCUT2D eigenvalue weighted by Crippen LogP contribution is -2.37. The average molecular weight is 316 g/mol. The van der Waals surface area contributed by atoms with Crippen molar-refractivity contribution in [3.05, 3.63) is 21.9 Å². The minimum atomic E-state index is -3.20. The summed E-state index contributed by atoms with van der Waals surface area (Å²) in [6.45, 7) is 3.51. The van der Waals surface area contributed by atoms with Crippen LogP contribution in [0.3, 0.4) is 0 Å². The van der Waals surface area contributed by atoms with Crippen LogP contribution in [0.25, 0.3) is 0 Å². The van der Waals surface area contributed by atoms with Gasteiger partial charge in [-0.25, -0.2) is 8.42 Å². The molecule has 112 valence electrons. The first-order valence-corrected chi connectivity index (χ1v) is 9.38. The zero-order valence-corrected chi connectivity index (χ0v) is 13.2. The zero-order valence-electron chi connectivity index (χ0n) is 11.5. The molecule has 0 fully saturated rings. The second-order valence-electron chi connectivity index (χ2n) is 5.13. The first-order chi connectivity index (χ1) is 9.39. The molecule has 2 rings (SSSR count). The molecule has 0 bridgehead atoms. The normalized spacial score (nSPS) is 19.8. The molecule has 1 atom stereocenters. The van der Waals surface area contributed by atoms with Crippen molar-refractivity contribution in [1.29, 1.82) is 0 Å². The van der Waals surface area contributed by atoms with E-state index in [1.165, 1.54) is 10.4 Å². The minimum Gasteiger partial charge on any atom is -0.370 e. The van der Waals surface area contributed by atoms with Gasteiger partial charge in [-0.3, -0.25) is 9.69 Å². The van der Waals surface area contributed by atoms with Crippen LogP contribution in [-0.4, -0.2) is 43.8 Å². The van der Waals surface area contributed by atoms with Gasteiger partial charge in [0, 0.05) is 30.4 Å². The van der Waals surface area contributed by atoms with Gasteiger partial charge in [0.05, 0.1) is 11.5 Å². The van der Waals surface area contributed by atoms with Gasteiger partial charge in [-0.1, -0.05) is 0 Å². The highest BCUT2D eigenvalue weighted by Gasteiger charge is 2.25. The largest absolute Gasteiger partial charge is 0.370 e. The lowest BCUT2D eigenvalue weighted by molar-refractivity contribution is -0.117. The van der Waals surface area contributed by atoms with Gasteiger partial charge in [0.2, 0.25) is 5.91 Å². The van der Waals surface area contributed by atoms with Crippen LogP contribution in [0.5, 0.6) is 0 Å². The lowest BCUT2D eigenvalue weighted by Gasteiger charge is -2.33. The van der Waals surface area contributed by atoms with Gasteiger partial charge in [-0.05, 0) is 30.4 Å². The molecular formula is C13H20N2O3S2. The van der Waals surface area contributed by atoms with E-state index in [2.05, 4.69) is 23.3 Å². The van der Waals surface area contributed by atoms with E-state index in [1.54, 1.807) is 11.3 Å². The molecule has 0 unspecified atom stereocenters. The molecule has 1 aliphatic rings. The zero-order chi connectivity index (χ0) is 14.8. The smallest absolute Gasteiger partial charge is 0.218 e. The molecule has 2 N–H and O–H groups in total. The van der Waals surface area contributed by atoms with E-state index < -0.39 is 15.7 Å². The van der Waals surface area contributed by atoms with Gasteiger partial charge in [0.1, 0.15) is 0 Å². The van der Waals surface area contributed by atoms with Gasteiger partial charge in [-0.15, -0.1) is 11.3 Å². The molecule has 0 radical (unpaired) electrons. The predicted molar refractivity (Wildman–Crippen MR) is 80.5 cm³/mol. The summed E-state index contributed by atoms with van der Waals surface area (Å²) in [7, 11) is -3.20. The van der Waals surface area contributed by atoms with Crippen LogP contribution in [0.2, 0.25) is 0 Å². The highest BCUT2D eigenvalue weighted by Crippen LogP contribution is 2.32. The van der Waals surface area contributed by atoms with Gasteiger partial charge in [0.25, 0.3) is 0 Å².